The zero-order valence-electron chi connectivity index (χ0n) is 18.7. The van der Waals surface area contributed by atoms with Crippen LogP contribution in [0.2, 0.25) is 0 Å². The molecule has 0 atom stereocenters. The van der Waals surface area contributed by atoms with E-state index in [1.807, 2.05) is 30.5 Å². The predicted octanol–water partition coefficient (Wildman–Crippen LogP) is 5.48. The van der Waals surface area contributed by atoms with Crippen molar-refractivity contribution in [1.82, 2.24) is 15.0 Å². The minimum absolute atomic E-state index is 0.327. The molecule has 0 amide bonds. The molecule has 30 heavy (non-hydrogen) atoms. The lowest BCUT2D eigenvalue weighted by atomic mass is 9.99. The molecule has 0 aliphatic carbocycles. The summed E-state index contributed by atoms with van der Waals surface area (Å²) in [5.41, 5.74) is 5.12. The third-order valence-electron chi connectivity index (χ3n) is 5.04. The lowest BCUT2D eigenvalue weighted by molar-refractivity contribution is 0.397. The standard InChI is InChI=1S/C24H29N3O3/c1-14(2)16-10-19(26-22(12-16)30-7)18-8-9-21(29-6)27-23(18)24-20(28-5)11-17(13-25-24)15(3)4/h8-15H,1-7H3. The van der Waals surface area contributed by atoms with E-state index >= 15 is 0 Å². The smallest absolute Gasteiger partial charge is 0.213 e. The van der Waals surface area contributed by atoms with Gasteiger partial charge in [-0.25, -0.2) is 9.97 Å². The first-order valence-electron chi connectivity index (χ1n) is 10.0. The molecule has 3 aromatic rings. The molecular weight excluding hydrogens is 378 g/mol. The Kier molecular flexibility index (Phi) is 6.55. The van der Waals surface area contributed by atoms with E-state index in [9.17, 15) is 0 Å². The number of nitrogens with zero attached hydrogens (tertiary/aromatic N) is 3. The van der Waals surface area contributed by atoms with Crippen LogP contribution in [-0.4, -0.2) is 36.3 Å². The highest BCUT2D eigenvalue weighted by Crippen LogP contribution is 2.37. The fourth-order valence-corrected chi connectivity index (χ4v) is 3.15. The van der Waals surface area contributed by atoms with Crippen LogP contribution in [0, 0.1) is 0 Å². The molecule has 0 aliphatic heterocycles. The first kappa shape index (κ1) is 21.6. The van der Waals surface area contributed by atoms with Crippen molar-refractivity contribution in [3.8, 4) is 40.2 Å². The second kappa shape index (κ2) is 9.11. The molecule has 0 bridgehead atoms. The molecule has 3 heterocycles. The number of hydrogen-bond acceptors (Lipinski definition) is 6. The molecule has 0 radical (unpaired) electrons. The number of aromatic nitrogens is 3. The number of rotatable bonds is 7. The first-order valence-corrected chi connectivity index (χ1v) is 10.0. The summed E-state index contributed by atoms with van der Waals surface area (Å²) in [6.07, 6.45) is 1.87. The van der Waals surface area contributed by atoms with Gasteiger partial charge in [-0.3, -0.25) is 4.98 Å². The minimum Gasteiger partial charge on any atom is -0.494 e. The van der Waals surface area contributed by atoms with Gasteiger partial charge in [-0.2, -0.15) is 0 Å². The van der Waals surface area contributed by atoms with Crippen molar-refractivity contribution < 1.29 is 14.2 Å². The van der Waals surface area contributed by atoms with Crippen LogP contribution >= 0.6 is 0 Å². The summed E-state index contributed by atoms with van der Waals surface area (Å²) >= 11 is 0. The lowest BCUT2D eigenvalue weighted by Gasteiger charge is -2.16. The van der Waals surface area contributed by atoms with Crippen molar-refractivity contribution >= 4 is 0 Å². The number of pyridine rings is 3. The van der Waals surface area contributed by atoms with Crippen LogP contribution in [-0.2, 0) is 0 Å². The van der Waals surface area contributed by atoms with Crippen molar-refractivity contribution in [2.24, 2.45) is 0 Å². The van der Waals surface area contributed by atoms with Crippen LogP contribution in [0.4, 0.5) is 0 Å². The van der Waals surface area contributed by atoms with Gasteiger partial charge in [0.05, 0.1) is 27.0 Å². The molecule has 0 N–H and O–H groups in total. The van der Waals surface area contributed by atoms with Crippen LogP contribution in [0.1, 0.15) is 50.7 Å². The predicted molar refractivity (Wildman–Crippen MR) is 119 cm³/mol. The van der Waals surface area contributed by atoms with Crippen LogP contribution < -0.4 is 14.2 Å². The van der Waals surface area contributed by atoms with Gasteiger partial charge in [0.15, 0.2) is 0 Å². The third-order valence-corrected chi connectivity index (χ3v) is 5.04. The Morgan fingerprint density at radius 3 is 2.00 bits per heavy atom. The Bertz CT molecular complexity index is 1030. The van der Waals surface area contributed by atoms with Gasteiger partial charge >= 0.3 is 0 Å². The molecule has 0 spiro atoms. The maximum absolute atomic E-state index is 5.67. The van der Waals surface area contributed by atoms with Gasteiger partial charge in [-0.15, -0.1) is 0 Å². The molecule has 6 heteroatoms. The summed E-state index contributed by atoms with van der Waals surface area (Å²) in [4.78, 5) is 14.1. The molecule has 0 unspecified atom stereocenters. The van der Waals surface area contributed by atoms with E-state index < -0.39 is 0 Å². The van der Waals surface area contributed by atoms with E-state index in [1.54, 1.807) is 21.3 Å². The average Bonchev–Trinajstić information content (AvgIpc) is 2.77. The van der Waals surface area contributed by atoms with Gasteiger partial charge in [0, 0.05) is 23.9 Å². The van der Waals surface area contributed by atoms with Crippen LogP contribution in [0.15, 0.2) is 36.5 Å². The van der Waals surface area contributed by atoms with Crippen molar-refractivity contribution in [3.05, 3.63) is 47.7 Å². The molecule has 3 rings (SSSR count). The summed E-state index contributed by atoms with van der Waals surface area (Å²) in [7, 11) is 4.86. The SMILES string of the molecule is COc1cc(C(C)C)cc(-c2ccc(OC)nc2-c2ncc(C(C)C)cc2OC)n1. The van der Waals surface area contributed by atoms with E-state index in [0.29, 0.717) is 40.7 Å². The monoisotopic (exact) mass is 407 g/mol. The molecule has 0 saturated carbocycles. The first-order chi connectivity index (χ1) is 14.4. The Morgan fingerprint density at radius 1 is 0.700 bits per heavy atom. The molecule has 0 saturated heterocycles. The number of methoxy groups -OCH3 is 3. The summed E-state index contributed by atoms with van der Waals surface area (Å²) in [6, 6.07) is 9.81. The second-order valence-electron chi connectivity index (χ2n) is 7.71. The third kappa shape index (κ3) is 4.37. The molecule has 158 valence electrons. The molecular formula is C24H29N3O3. The van der Waals surface area contributed by atoms with Gasteiger partial charge in [0.1, 0.15) is 17.1 Å². The molecule has 6 nitrogen and oxygen atoms in total. The summed E-state index contributed by atoms with van der Waals surface area (Å²) < 4.78 is 16.5. The van der Waals surface area contributed by atoms with Gasteiger partial charge in [0.2, 0.25) is 11.8 Å². The maximum Gasteiger partial charge on any atom is 0.213 e. The van der Waals surface area contributed by atoms with E-state index in [2.05, 4.69) is 38.7 Å². The normalized spacial score (nSPS) is 11.1. The topological polar surface area (TPSA) is 66.4 Å². The molecule has 0 fully saturated rings. The van der Waals surface area contributed by atoms with E-state index in [4.69, 9.17) is 24.2 Å². The lowest BCUT2D eigenvalue weighted by Crippen LogP contribution is -2.02. The largest absolute Gasteiger partial charge is 0.494 e. The summed E-state index contributed by atoms with van der Waals surface area (Å²) in [6.45, 7) is 8.53. The van der Waals surface area contributed by atoms with Crippen molar-refractivity contribution in [3.63, 3.8) is 0 Å². The van der Waals surface area contributed by atoms with Crippen LogP contribution in [0.25, 0.3) is 22.6 Å². The highest BCUT2D eigenvalue weighted by molar-refractivity contribution is 5.81. The van der Waals surface area contributed by atoms with Gasteiger partial charge in [-0.1, -0.05) is 27.7 Å². The van der Waals surface area contributed by atoms with E-state index in [-0.39, 0.29) is 0 Å². The minimum atomic E-state index is 0.327. The van der Waals surface area contributed by atoms with Gasteiger partial charge in [-0.05, 0) is 41.2 Å². The molecule has 0 aromatic carbocycles. The van der Waals surface area contributed by atoms with Gasteiger partial charge < -0.3 is 14.2 Å². The van der Waals surface area contributed by atoms with Crippen LogP contribution in [0.5, 0.6) is 17.5 Å². The Balaban J connectivity index is 2.26. The quantitative estimate of drug-likeness (QED) is 0.517. The number of hydrogen-bond donors (Lipinski definition) is 0. The number of ether oxygens (including phenoxy) is 3. The van der Waals surface area contributed by atoms with E-state index in [1.165, 1.54) is 0 Å². The maximum atomic E-state index is 5.67. The Hall–Kier alpha value is -3.15. The fraction of sp³-hybridized carbons (Fsp3) is 0.375. The van der Waals surface area contributed by atoms with Crippen molar-refractivity contribution in [1.29, 1.82) is 0 Å². The fourth-order valence-electron chi connectivity index (χ4n) is 3.15. The average molecular weight is 408 g/mol. The van der Waals surface area contributed by atoms with Crippen LogP contribution in [0.3, 0.4) is 0 Å². The summed E-state index contributed by atoms with van der Waals surface area (Å²) in [5.74, 6) is 2.39. The zero-order chi connectivity index (χ0) is 21.8. The molecule has 0 aliphatic rings. The second-order valence-corrected chi connectivity index (χ2v) is 7.71. The van der Waals surface area contributed by atoms with Crippen molar-refractivity contribution in [2.45, 2.75) is 39.5 Å². The van der Waals surface area contributed by atoms with E-state index in [0.717, 1.165) is 22.4 Å². The highest BCUT2D eigenvalue weighted by atomic mass is 16.5. The molecule has 3 aromatic heterocycles. The van der Waals surface area contributed by atoms with Gasteiger partial charge in [0.25, 0.3) is 0 Å². The highest BCUT2D eigenvalue weighted by Gasteiger charge is 2.20. The zero-order valence-corrected chi connectivity index (χ0v) is 18.7. The Labute approximate surface area is 178 Å². The van der Waals surface area contributed by atoms with Crippen molar-refractivity contribution in [2.75, 3.05) is 21.3 Å². The summed E-state index contributed by atoms with van der Waals surface area (Å²) in [5, 5.41) is 0. The Morgan fingerprint density at radius 2 is 1.40 bits per heavy atom.